The van der Waals surface area contributed by atoms with Crippen molar-refractivity contribution in [1.82, 2.24) is 14.8 Å². The number of benzene rings is 3. The molecule has 1 atom stereocenters. The Morgan fingerprint density at radius 1 is 0.744 bits per heavy atom. The first-order chi connectivity index (χ1) is 18.9. The van der Waals surface area contributed by atoms with Crippen LogP contribution in [0.4, 0.5) is 0 Å². The molecule has 4 aromatic rings. The maximum atomic E-state index is 14.3. The number of carbonyl (C=O) groups is 1. The van der Waals surface area contributed by atoms with Gasteiger partial charge < -0.3 is 9.80 Å². The van der Waals surface area contributed by atoms with Crippen LogP contribution >= 0.6 is 46.4 Å². The molecule has 0 aliphatic carbocycles. The lowest BCUT2D eigenvalue weighted by molar-refractivity contribution is 0.0710. The Kier molecular flexibility index (Phi) is 7.76. The first kappa shape index (κ1) is 26.9. The van der Waals surface area contributed by atoms with Gasteiger partial charge in [0.15, 0.2) is 0 Å². The van der Waals surface area contributed by atoms with Crippen LogP contribution < -0.4 is 0 Å². The van der Waals surface area contributed by atoms with Gasteiger partial charge in [0.2, 0.25) is 0 Å². The summed E-state index contributed by atoms with van der Waals surface area (Å²) in [5, 5.41) is 2.72. The average Bonchev–Trinajstić information content (AvgIpc) is 3.63. The summed E-state index contributed by atoms with van der Waals surface area (Å²) in [7, 11) is 0. The Morgan fingerprint density at radius 3 is 2.10 bits per heavy atom. The van der Waals surface area contributed by atoms with Crippen LogP contribution in [0.25, 0.3) is 33.3 Å². The van der Waals surface area contributed by atoms with Gasteiger partial charge in [-0.15, -0.1) is 0 Å². The first-order valence-corrected chi connectivity index (χ1v) is 14.8. The molecule has 3 heterocycles. The van der Waals surface area contributed by atoms with E-state index in [1.807, 2.05) is 42.5 Å². The standard InChI is InChI=1S/C31H27Cl4N3O/c32-25-8-5-20(15-27(25)34)19-7-10-29-23(14-19)24(17-30(36-29)21-6-9-26(33)28(35)16-21)31(39)38-13-3-4-22(38)18-37-11-1-2-12-37/h5-10,14-17,22H,1-4,11-13,18H2/t22-/m0/s1. The molecule has 6 rings (SSSR count). The summed E-state index contributed by atoms with van der Waals surface area (Å²) in [6.07, 6.45) is 4.52. The highest BCUT2D eigenvalue weighted by Gasteiger charge is 2.32. The van der Waals surface area contributed by atoms with Crippen LogP contribution in [-0.4, -0.2) is 52.9 Å². The van der Waals surface area contributed by atoms with E-state index in [1.165, 1.54) is 12.8 Å². The summed E-state index contributed by atoms with van der Waals surface area (Å²) in [4.78, 5) is 23.8. The van der Waals surface area contributed by atoms with Gasteiger partial charge in [-0.3, -0.25) is 4.79 Å². The van der Waals surface area contributed by atoms with E-state index in [0.29, 0.717) is 31.3 Å². The summed E-state index contributed by atoms with van der Waals surface area (Å²) in [6.45, 7) is 3.93. The molecular formula is C31H27Cl4N3O. The molecule has 0 unspecified atom stereocenters. The van der Waals surface area contributed by atoms with Gasteiger partial charge in [0, 0.05) is 30.1 Å². The van der Waals surface area contributed by atoms with E-state index in [4.69, 9.17) is 51.4 Å². The molecule has 0 N–H and O–H groups in total. The number of carbonyl (C=O) groups excluding carboxylic acids is 1. The molecule has 200 valence electrons. The fourth-order valence-electron chi connectivity index (χ4n) is 5.77. The van der Waals surface area contributed by atoms with E-state index in [0.717, 1.165) is 66.6 Å². The van der Waals surface area contributed by atoms with Crippen molar-refractivity contribution in [1.29, 1.82) is 0 Å². The largest absolute Gasteiger partial charge is 0.334 e. The minimum atomic E-state index is 0.0386. The van der Waals surface area contributed by atoms with Crippen molar-refractivity contribution in [3.8, 4) is 22.4 Å². The molecule has 4 nitrogen and oxygen atoms in total. The molecule has 3 aromatic carbocycles. The monoisotopic (exact) mass is 597 g/mol. The maximum absolute atomic E-state index is 14.3. The molecule has 1 aromatic heterocycles. The van der Waals surface area contributed by atoms with Gasteiger partial charge in [0.05, 0.1) is 36.9 Å². The summed E-state index contributed by atoms with van der Waals surface area (Å²) >= 11 is 25.0. The fraction of sp³-hybridized carbons (Fsp3) is 0.290. The molecule has 2 saturated heterocycles. The lowest BCUT2D eigenvalue weighted by Gasteiger charge is -2.29. The zero-order valence-electron chi connectivity index (χ0n) is 21.3. The van der Waals surface area contributed by atoms with Crippen molar-refractivity contribution in [3.63, 3.8) is 0 Å². The number of fused-ring (bicyclic) bond motifs is 1. The molecule has 1 amide bonds. The lowest BCUT2D eigenvalue weighted by Crippen LogP contribution is -2.42. The Hall–Kier alpha value is -2.34. The van der Waals surface area contributed by atoms with Crippen molar-refractivity contribution < 1.29 is 4.79 Å². The lowest BCUT2D eigenvalue weighted by atomic mass is 9.98. The van der Waals surface area contributed by atoms with Crippen molar-refractivity contribution >= 4 is 63.2 Å². The third kappa shape index (κ3) is 5.51. The van der Waals surface area contributed by atoms with Crippen molar-refractivity contribution in [2.75, 3.05) is 26.2 Å². The number of halogens is 4. The summed E-state index contributed by atoms with van der Waals surface area (Å²) < 4.78 is 0. The van der Waals surface area contributed by atoms with Crippen molar-refractivity contribution in [3.05, 3.63) is 86.3 Å². The van der Waals surface area contributed by atoms with Crippen molar-refractivity contribution in [2.45, 2.75) is 31.7 Å². The highest BCUT2D eigenvalue weighted by atomic mass is 35.5. The van der Waals surface area contributed by atoms with E-state index in [1.54, 1.807) is 18.2 Å². The topological polar surface area (TPSA) is 36.4 Å². The van der Waals surface area contributed by atoms with Crippen LogP contribution in [0.5, 0.6) is 0 Å². The first-order valence-electron chi connectivity index (χ1n) is 13.3. The van der Waals surface area contributed by atoms with Crippen LogP contribution in [0.15, 0.2) is 60.7 Å². The molecule has 8 heteroatoms. The average molecular weight is 599 g/mol. The Balaban J connectivity index is 1.46. The number of aromatic nitrogens is 1. The molecule has 0 spiro atoms. The maximum Gasteiger partial charge on any atom is 0.254 e. The zero-order chi connectivity index (χ0) is 27.1. The number of rotatable bonds is 5. The smallest absolute Gasteiger partial charge is 0.254 e. The van der Waals surface area contributed by atoms with E-state index >= 15 is 0 Å². The molecular weight excluding hydrogens is 572 g/mol. The number of amides is 1. The predicted molar refractivity (Wildman–Crippen MR) is 162 cm³/mol. The quantitative estimate of drug-likeness (QED) is 0.230. The molecule has 2 fully saturated rings. The van der Waals surface area contributed by atoms with Gasteiger partial charge in [-0.05, 0) is 92.4 Å². The van der Waals surface area contributed by atoms with E-state index < -0.39 is 0 Å². The Morgan fingerprint density at radius 2 is 1.38 bits per heavy atom. The molecule has 0 radical (unpaired) electrons. The second kappa shape index (κ2) is 11.3. The number of nitrogens with zero attached hydrogens (tertiary/aromatic N) is 3. The van der Waals surface area contributed by atoms with E-state index in [-0.39, 0.29) is 11.9 Å². The van der Waals surface area contributed by atoms with Crippen LogP contribution in [0.3, 0.4) is 0 Å². The number of hydrogen-bond donors (Lipinski definition) is 0. The minimum absolute atomic E-state index is 0.0386. The fourth-order valence-corrected chi connectivity index (χ4v) is 6.37. The van der Waals surface area contributed by atoms with E-state index in [9.17, 15) is 4.79 Å². The van der Waals surface area contributed by atoms with Gasteiger partial charge in [0.25, 0.3) is 5.91 Å². The molecule has 39 heavy (non-hydrogen) atoms. The molecule has 0 bridgehead atoms. The summed E-state index contributed by atoms with van der Waals surface area (Å²) in [6, 6.07) is 19.1. The number of likely N-dealkylation sites (tertiary alicyclic amines) is 2. The highest BCUT2D eigenvalue weighted by molar-refractivity contribution is 6.42. The second-order valence-corrected chi connectivity index (χ2v) is 12.0. The van der Waals surface area contributed by atoms with E-state index in [2.05, 4.69) is 9.80 Å². The third-order valence-corrected chi connectivity index (χ3v) is 9.29. The van der Waals surface area contributed by atoms with Gasteiger partial charge in [-0.1, -0.05) is 64.6 Å². The normalized spacial score (nSPS) is 17.8. The molecule has 2 aliphatic heterocycles. The van der Waals surface area contributed by atoms with Gasteiger partial charge in [-0.2, -0.15) is 0 Å². The van der Waals surface area contributed by atoms with Gasteiger partial charge in [-0.25, -0.2) is 4.98 Å². The number of hydrogen-bond acceptors (Lipinski definition) is 3. The number of pyridine rings is 1. The molecule has 0 saturated carbocycles. The highest BCUT2D eigenvalue weighted by Crippen LogP contribution is 2.35. The van der Waals surface area contributed by atoms with Crippen molar-refractivity contribution in [2.24, 2.45) is 0 Å². The summed E-state index contributed by atoms with van der Waals surface area (Å²) in [5.74, 6) is 0.0386. The van der Waals surface area contributed by atoms with Gasteiger partial charge >= 0.3 is 0 Å². The van der Waals surface area contributed by atoms with Crippen LogP contribution in [0.1, 0.15) is 36.0 Å². The second-order valence-electron chi connectivity index (χ2n) is 10.3. The third-order valence-electron chi connectivity index (χ3n) is 7.81. The van der Waals surface area contributed by atoms with Crippen LogP contribution in [0, 0.1) is 0 Å². The minimum Gasteiger partial charge on any atom is -0.334 e. The summed E-state index contributed by atoms with van der Waals surface area (Å²) in [5.41, 5.74) is 4.73. The Bertz CT molecular complexity index is 1570. The zero-order valence-corrected chi connectivity index (χ0v) is 24.3. The van der Waals surface area contributed by atoms with Crippen LogP contribution in [-0.2, 0) is 0 Å². The SMILES string of the molecule is O=C(c1cc(-c2ccc(Cl)c(Cl)c2)nc2ccc(-c3ccc(Cl)c(Cl)c3)cc12)N1CCC[C@H]1CN1CCCC1. The predicted octanol–water partition coefficient (Wildman–Crippen LogP) is 8.88. The Labute approximate surface area is 248 Å². The van der Waals surface area contributed by atoms with Gasteiger partial charge in [0.1, 0.15) is 0 Å². The van der Waals surface area contributed by atoms with Crippen LogP contribution in [0.2, 0.25) is 20.1 Å². The molecule has 2 aliphatic rings.